The van der Waals surface area contributed by atoms with Gasteiger partial charge >= 0.3 is 7.12 Å². The standard InChI is InChI=1S/C24H29BO2.C3H4/c1-23(2)24(3,4)27-25(26-23)22-12-8-6-10-19-14-13-18-9-5-7-11-20(17-22)21(15-18)16-19;1-3-2/h6-11,13-14,17H,5,12,15-16H2,1-4H3;1H,2H3/b8-6-,11-7?,18-9-,19-10-,21-20-,22-17+;. The predicted octanol–water partition coefficient (Wildman–Crippen LogP) is 6.60. The molecule has 2 nitrogen and oxygen atoms in total. The molecule has 0 aromatic rings. The summed E-state index contributed by atoms with van der Waals surface area (Å²) in [6.07, 6.45) is 28.8. The molecule has 4 rings (SSSR count). The highest BCUT2D eigenvalue weighted by atomic mass is 16.7. The number of allylic oxidation sites excluding steroid dienone is 14. The van der Waals surface area contributed by atoms with E-state index < -0.39 is 0 Å². The lowest BCUT2D eigenvalue weighted by Gasteiger charge is -2.32. The predicted molar refractivity (Wildman–Crippen MR) is 128 cm³/mol. The van der Waals surface area contributed by atoms with E-state index in [-0.39, 0.29) is 18.3 Å². The van der Waals surface area contributed by atoms with Gasteiger partial charge in [-0.25, -0.2) is 0 Å². The molecule has 0 spiro atoms. The molecule has 1 fully saturated rings. The summed E-state index contributed by atoms with van der Waals surface area (Å²) in [5.41, 5.74) is 6.11. The van der Waals surface area contributed by atoms with E-state index in [0.29, 0.717) is 0 Å². The first-order valence-corrected chi connectivity index (χ1v) is 10.8. The topological polar surface area (TPSA) is 18.5 Å². The van der Waals surface area contributed by atoms with Crippen LogP contribution in [-0.2, 0) is 9.31 Å². The minimum atomic E-state index is -0.318. The summed E-state index contributed by atoms with van der Waals surface area (Å²) < 4.78 is 12.7. The summed E-state index contributed by atoms with van der Waals surface area (Å²) in [7, 11) is -0.298. The summed E-state index contributed by atoms with van der Waals surface area (Å²) >= 11 is 0. The lowest BCUT2D eigenvalue weighted by molar-refractivity contribution is 0.00578. The average molecular weight is 400 g/mol. The largest absolute Gasteiger partial charge is 0.490 e. The van der Waals surface area contributed by atoms with Crippen LogP contribution in [0.2, 0.25) is 0 Å². The molecular weight excluding hydrogens is 367 g/mol. The van der Waals surface area contributed by atoms with Gasteiger partial charge in [0.1, 0.15) is 0 Å². The van der Waals surface area contributed by atoms with Crippen LogP contribution in [-0.4, -0.2) is 18.3 Å². The Labute approximate surface area is 183 Å². The van der Waals surface area contributed by atoms with E-state index in [2.05, 4.69) is 94.7 Å². The molecular formula is C27H33BO2. The van der Waals surface area contributed by atoms with Crippen LogP contribution in [0.25, 0.3) is 0 Å². The van der Waals surface area contributed by atoms with Gasteiger partial charge in [-0.05, 0) is 82.5 Å². The van der Waals surface area contributed by atoms with Crippen molar-refractivity contribution in [1.82, 2.24) is 0 Å². The molecule has 0 radical (unpaired) electrons. The Bertz CT molecular complexity index is 910. The fourth-order valence-corrected chi connectivity index (χ4v) is 3.84. The SMILES string of the molecule is C#CC.CC1(C)OB(/C2=C/C3=C4\C/C(=C\C=C/C2)C=C/C(=C/CC=C3)C4)OC1(C)C. The second kappa shape index (κ2) is 9.25. The van der Waals surface area contributed by atoms with Crippen LogP contribution in [0.4, 0.5) is 0 Å². The first-order valence-electron chi connectivity index (χ1n) is 10.8. The molecule has 3 aliphatic carbocycles. The third-order valence-electron chi connectivity index (χ3n) is 6.27. The molecule has 1 aliphatic heterocycles. The fourth-order valence-electron chi connectivity index (χ4n) is 3.84. The molecule has 4 aliphatic rings. The molecule has 3 bridgehead atoms. The first-order chi connectivity index (χ1) is 14.3. The van der Waals surface area contributed by atoms with Crippen LogP contribution in [0.5, 0.6) is 0 Å². The van der Waals surface area contributed by atoms with Crippen molar-refractivity contribution in [3.8, 4) is 12.3 Å². The van der Waals surface area contributed by atoms with Crippen molar-refractivity contribution in [2.45, 2.75) is 71.5 Å². The number of terminal acetylenes is 1. The number of rotatable bonds is 1. The molecule has 0 amide bonds. The molecule has 0 unspecified atom stereocenters. The van der Waals surface area contributed by atoms with Gasteiger partial charge in [0.25, 0.3) is 0 Å². The van der Waals surface area contributed by atoms with E-state index in [4.69, 9.17) is 9.31 Å². The normalized spacial score (nSPS) is 32.5. The zero-order chi connectivity index (χ0) is 21.8. The highest BCUT2D eigenvalue weighted by molar-refractivity contribution is 6.54. The number of hydrogen-bond acceptors (Lipinski definition) is 2. The Morgan fingerprint density at radius 3 is 2.30 bits per heavy atom. The van der Waals surface area contributed by atoms with Gasteiger partial charge in [0, 0.05) is 0 Å². The van der Waals surface area contributed by atoms with Crippen LogP contribution in [0.15, 0.2) is 82.4 Å². The summed E-state index contributed by atoms with van der Waals surface area (Å²) in [6.45, 7) is 10.1. The van der Waals surface area contributed by atoms with Gasteiger partial charge in [0.2, 0.25) is 0 Å². The Morgan fingerprint density at radius 2 is 1.60 bits per heavy atom. The van der Waals surface area contributed by atoms with E-state index in [0.717, 1.165) is 25.7 Å². The van der Waals surface area contributed by atoms with Gasteiger partial charge in [-0.1, -0.05) is 60.3 Å². The van der Waals surface area contributed by atoms with Crippen molar-refractivity contribution in [3.63, 3.8) is 0 Å². The molecule has 3 heteroatoms. The van der Waals surface area contributed by atoms with Crippen LogP contribution in [0.1, 0.15) is 60.3 Å². The molecule has 0 saturated carbocycles. The number of hydrogen-bond donors (Lipinski definition) is 0. The van der Waals surface area contributed by atoms with Gasteiger partial charge in [-0.3, -0.25) is 0 Å². The van der Waals surface area contributed by atoms with Crippen LogP contribution >= 0.6 is 0 Å². The van der Waals surface area contributed by atoms with Crippen molar-refractivity contribution in [2.75, 3.05) is 0 Å². The molecule has 1 heterocycles. The second-order valence-corrected chi connectivity index (χ2v) is 9.13. The Hall–Kier alpha value is -2.28. The zero-order valence-corrected chi connectivity index (χ0v) is 19.0. The van der Waals surface area contributed by atoms with Crippen molar-refractivity contribution >= 4 is 7.12 Å². The molecule has 0 atom stereocenters. The minimum Gasteiger partial charge on any atom is -0.400 e. The summed E-state index contributed by atoms with van der Waals surface area (Å²) in [6, 6.07) is 0. The van der Waals surface area contributed by atoms with Gasteiger partial charge in [0.15, 0.2) is 0 Å². The molecule has 0 aromatic carbocycles. The number of fused-ring (bicyclic) bond motifs is 2. The van der Waals surface area contributed by atoms with Gasteiger partial charge in [0.05, 0.1) is 11.2 Å². The highest BCUT2D eigenvalue weighted by Gasteiger charge is 2.52. The lowest BCUT2D eigenvalue weighted by atomic mass is 9.74. The average Bonchev–Trinajstić information content (AvgIpc) is 2.80. The minimum absolute atomic E-state index is 0.298. The molecule has 0 aromatic heterocycles. The van der Waals surface area contributed by atoms with Crippen LogP contribution in [0.3, 0.4) is 0 Å². The third kappa shape index (κ3) is 5.06. The van der Waals surface area contributed by atoms with E-state index >= 15 is 0 Å². The zero-order valence-electron chi connectivity index (χ0n) is 19.0. The monoisotopic (exact) mass is 400 g/mol. The maximum absolute atomic E-state index is 6.35. The maximum atomic E-state index is 6.35. The van der Waals surface area contributed by atoms with E-state index in [1.807, 2.05) is 0 Å². The molecule has 1 saturated heterocycles. The Kier molecular flexibility index (Phi) is 6.91. The third-order valence-corrected chi connectivity index (χ3v) is 6.27. The van der Waals surface area contributed by atoms with Crippen molar-refractivity contribution in [1.29, 1.82) is 0 Å². The molecule has 156 valence electrons. The fraction of sp³-hybridized carbons (Fsp3) is 0.407. The Balaban J connectivity index is 0.000000806. The van der Waals surface area contributed by atoms with Gasteiger partial charge in [-0.2, -0.15) is 0 Å². The maximum Gasteiger partial charge on any atom is 0.490 e. The smallest absolute Gasteiger partial charge is 0.400 e. The van der Waals surface area contributed by atoms with E-state index in [9.17, 15) is 0 Å². The molecule has 0 N–H and O–H groups in total. The second-order valence-electron chi connectivity index (χ2n) is 9.13. The lowest BCUT2D eigenvalue weighted by Crippen LogP contribution is -2.41. The van der Waals surface area contributed by atoms with E-state index in [1.54, 1.807) is 6.92 Å². The van der Waals surface area contributed by atoms with Gasteiger partial charge < -0.3 is 9.31 Å². The van der Waals surface area contributed by atoms with E-state index in [1.165, 1.54) is 27.8 Å². The Morgan fingerprint density at radius 1 is 0.967 bits per heavy atom. The summed E-state index contributed by atoms with van der Waals surface area (Å²) in [5.74, 6) is 2.25. The quantitative estimate of drug-likeness (QED) is 0.365. The van der Waals surface area contributed by atoms with Gasteiger partial charge in [-0.15, -0.1) is 12.3 Å². The highest BCUT2D eigenvalue weighted by Crippen LogP contribution is 2.40. The van der Waals surface area contributed by atoms with Crippen LogP contribution < -0.4 is 0 Å². The van der Waals surface area contributed by atoms with Crippen molar-refractivity contribution in [3.05, 3.63) is 82.4 Å². The van der Waals surface area contributed by atoms with Crippen molar-refractivity contribution < 1.29 is 9.31 Å². The van der Waals surface area contributed by atoms with Crippen molar-refractivity contribution in [2.24, 2.45) is 0 Å². The first kappa shape index (κ1) is 22.4. The molecule has 30 heavy (non-hydrogen) atoms. The van der Waals surface area contributed by atoms with Crippen LogP contribution in [0, 0.1) is 12.3 Å². The summed E-state index contributed by atoms with van der Waals surface area (Å²) in [5, 5.41) is 0. The summed E-state index contributed by atoms with van der Waals surface area (Å²) in [4.78, 5) is 0.